The third kappa shape index (κ3) is 3.38. The van der Waals surface area contributed by atoms with Crippen LogP contribution in [0.5, 0.6) is 5.75 Å². The van der Waals surface area contributed by atoms with Gasteiger partial charge in [-0.2, -0.15) is 0 Å². The fourth-order valence-corrected chi connectivity index (χ4v) is 2.17. The highest BCUT2D eigenvalue weighted by atomic mass is 35.5. The first-order chi connectivity index (χ1) is 10.4. The summed E-state index contributed by atoms with van der Waals surface area (Å²) in [7, 11) is 1.54. The molecule has 3 N–H and O–H groups in total. The summed E-state index contributed by atoms with van der Waals surface area (Å²) in [6.45, 7) is 1.89. The summed E-state index contributed by atoms with van der Waals surface area (Å²) in [5, 5.41) is 2.93. The molecule has 0 bridgehead atoms. The van der Waals surface area contributed by atoms with Crippen molar-refractivity contribution in [1.29, 1.82) is 0 Å². The van der Waals surface area contributed by atoms with Gasteiger partial charge in [-0.3, -0.25) is 9.59 Å². The lowest BCUT2D eigenvalue weighted by Gasteiger charge is -2.10. The lowest BCUT2D eigenvalue weighted by atomic mass is 10.1. The molecule has 0 heterocycles. The van der Waals surface area contributed by atoms with Crippen molar-refractivity contribution in [2.45, 2.75) is 6.92 Å². The van der Waals surface area contributed by atoms with E-state index in [0.717, 1.165) is 5.56 Å². The van der Waals surface area contributed by atoms with Crippen LogP contribution in [0.25, 0.3) is 0 Å². The molecule has 0 saturated heterocycles. The Bertz CT molecular complexity index is 744. The zero-order valence-electron chi connectivity index (χ0n) is 12.1. The summed E-state index contributed by atoms with van der Waals surface area (Å²) >= 11 is 5.87. The van der Waals surface area contributed by atoms with E-state index in [1.54, 1.807) is 31.4 Å². The first-order valence-corrected chi connectivity index (χ1v) is 6.85. The van der Waals surface area contributed by atoms with Crippen LogP contribution in [0.1, 0.15) is 26.3 Å². The monoisotopic (exact) mass is 318 g/mol. The van der Waals surface area contributed by atoms with Gasteiger partial charge in [0.2, 0.25) is 5.91 Å². The van der Waals surface area contributed by atoms with Gasteiger partial charge in [0.25, 0.3) is 5.91 Å². The average Bonchev–Trinajstić information content (AvgIpc) is 2.49. The normalized spacial score (nSPS) is 10.1. The summed E-state index contributed by atoms with van der Waals surface area (Å²) in [4.78, 5) is 23.5. The molecule has 22 heavy (non-hydrogen) atoms. The molecule has 2 amide bonds. The molecule has 114 valence electrons. The summed E-state index contributed by atoms with van der Waals surface area (Å²) in [5.74, 6) is -0.351. The van der Waals surface area contributed by atoms with E-state index in [2.05, 4.69) is 5.32 Å². The minimum Gasteiger partial charge on any atom is -0.496 e. The number of benzene rings is 2. The summed E-state index contributed by atoms with van der Waals surface area (Å²) < 4.78 is 5.19. The molecular weight excluding hydrogens is 304 g/mol. The van der Waals surface area contributed by atoms with Gasteiger partial charge >= 0.3 is 0 Å². The Balaban J connectivity index is 2.25. The molecule has 0 atom stereocenters. The van der Waals surface area contributed by atoms with E-state index in [4.69, 9.17) is 22.1 Å². The molecule has 2 rings (SSSR count). The summed E-state index contributed by atoms with van der Waals surface area (Å²) in [6.07, 6.45) is 0. The number of rotatable bonds is 4. The van der Waals surface area contributed by atoms with Crippen LogP contribution in [0, 0.1) is 6.92 Å². The second-order valence-electron chi connectivity index (χ2n) is 4.70. The molecule has 5 nitrogen and oxygen atoms in total. The first kappa shape index (κ1) is 15.9. The summed E-state index contributed by atoms with van der Waals surface area (Å²) in [6, 6.07) is 9.68. The Morgan fingerprint density at radius 1 is 1.18 bits per heavy atom. The molecule has 0 spiro atoms. The quantitative estimate of drug-likeness (QED) is 0.909. The van der Waals surface area contributed by atoms with Crippen molar-refractivity contribution in [3.8, 4) is 5.75 Å². The number of primary amides is 1. The smallest absolute Gasteiger partial charge is 0.255 e. The highest BCUT2D eigenvalue weighted by molar-refractivity contribution is 6.34. The second kappa shape index (κ2) is 6.49. The minimum atomic E-state index is -0.655. The molecule has 0 saturated carbocycles. The first-order valence-electron chi connectivity index (χ1n) is 6.47. The Morgan fingerprint density at radius 3 is 2.55 bits per heavy atom. The number of anilines is 1. The van der Waals surface area contributed by atoms with Gasteiger partial charge in [0, 0.05) is 11.3 Å². The number of aryl methyl sites for hydroxylation is 1. The second-order valence-corrected chi connectivity index (χ2v) is 5.10. The van der Waals surface area contributed by atoms with Gasteiger partial charge in [-0.05, 0) is 42.8 Å². The lowest BCUT2D eigenvalue weighted by Crippen LogP contribution is -2.15. The molecule has 0 aliphatic carbocycles. The molecule has 2 aromatic rings. The fraction of sp³-hybridized carbons (Fsp3) is 0.125. The number of hydrogen-bond donors (Lipinski definition) is 2. The molecule has 2 aromatic carbocycles. The maximum absolute atomic E-state index is 12.2. The Morgan fingerprint density at radius 2 is 1.91 bits per heavy atom. The van der Waals surface area contributed by atoms with Crippen molar-refractivity contribution in [3.63, 3.8) is 0 Å². The molecule has 0 aliphatic rings. The van der Waals surface area contributed by atoms with Crippen LogP contribution in [0.4, 0.5) is 5.69 Å². The van der Waals surface area contributed by atoms with E-state index >= 15 is 0 Å². The third-order valence-electron chi connectivity index (χ3n) is 3.16. The van der Waals surface area contributed by atoms with Crippen LogP contribution in [0.3, 0.4) is 0 Å². The van der Waals surface area contributed by atoms with Gasteiger partial charge in [-0.25, -0.2) is 0 Å². The predicted molar refractivity (Wildman–Crippen MR) is 85.7 cm³/mol. The topological polar surface area (TPSA) is 81.4 Å². The van der Waals surface area contributed by atoms with Gasteiger partial charge in [-0.1, -0.05) is 17.7 Å². The Hall–Kier alpha value is -2.53. The zero-order chi connectivity index (χ0) is 16.3. The Labute approximate surface area is 133 Å². The van der Waals surface area contributed by atoms with E-state index in [1.807, 2.05) is 6.92 Å². The maximum Gasteiger partial charge on any atom is 0.255 e. The van der Waals surface area contributed by atoms with E-state index in [9.17, 15) is 9.59 Å². The third-order valence-corrected chi connectivity index (χ3v) is 3.49. The molecule has 0 aromatic heterocycles. The molecule has 0 aliphatic heterocycles. The molecular formula is C16H15ClN2O3. The van der Waals surface area contributed by atoms with Crippen LogP contribution in [-0.4, -0.2) is 18.9 Å². The average molecular weight is 319 g/mol. The van der Waals surface area contributed by atoms with Crippen molar-refractivity contribution in [3.05, 3.63) is 58.1 Å². The van der Waals surface area contributed by atoms with Crippen molar-refractivity contribution in [1.82, 2.24) is 0 Å². The standard InChI is InChI=1S/C16H15ClN2O3/c1-9-3-4-10(7-14(9)22-2)16(21)19-11-5-6-13(17)12(8-11)15(18)20/h3-8H,1-2H3,(H2,18,20)(H,19,21). The van der Waals surface area contributed by atoms with Crippen LogP contribution >= 0.6 is 11.6 Å². The number of nitrogens with one attached hydrogen (secondary N) is 1. The van der Waals surface area contributed by atoms with Gasteiger partial charge < -0.3 is 15.8 Å². The fourth-order valence-electron chi connectivity index (χ4n) is 1.96. The van der Waals surface area contributed by atoms with Crippen molar-refractivity contribution in [2.75, 3.05) is 12.4 Å². The van der Waals surface area contributed by atoms with Crippen molar-refractivity contribution in [2.24, 2.45) is 5.73 Å². The molecule has 0 fully saturated rings. The molecule has 6 heteroatoms. The number of nitrogens with two attached hydrogens (primary N) is 1. The van der Waals surface area contributed by atoms with E-state index < -0.39 is 5.91 Å². The lowest BCUT2D eigenvalue weighted by molar-refractivity contribution is 0.0996. The van der Waals surface area contributed by atoms with Crippen LogP contribution in [-0.2, 0) is 0 Å². The number of carbonyl (C=O) groups is 2. The van der Waals surface area contributed by atoms with E-state index in [1.165, 1.54) is 12.1 Å². The van der Waals surface area contributed by atoms with Crippen LogP contribution in [0.2, 0.25) is 5.02 Å². The number of amides is 2. The predicted octanol–water partition coefficient (Wildman–Crippen LogP) is 3.01. The Kier molecular flexibility index (Phi) is 4.68. The van der Waals surface area contributed by atoms with Gasteiger partial charge in [0.1, 0.15) is 5.75 Å². The van der Waals surface area contributed by atoms with E-state index in [0.29, 0.717) is 17.0 Å². The minimum absolute atomic E-state index is 0.154. The number of methoxy groups -OCH3 is 1. The molecule has 0 radical (unpaired) electrons. The van der Waals surface area contributed by atoms with Gasteiger partial charge in [-0.15, -0.1) is 0 Å². The largest absolute Gasteiger partial charge is 0.496 e. The van der Waals surface area contributed by atoms with Crippen LogP contribution in [0.15, 0.2) is 36.4 Å². The number of carbonyl (C=O) groups excluding carboxylic acids is 2. The van der Waals surface area contributed by atoms with E-state index in [-0.39, 0.29) is 16.5 Å². The van der Waals surface area contributed by atoms with Gasteiger partial charge in [0.05, 0.1) is 17.7 Å². The maximum atomic E-state index is 12.2. The van der Waals surface area contributed by atoms with Crippen molar-refractivity contribution < 1.29 is 14.3 Å². The highest BCUT2D eigenvalue weighted by Gasteiger charge is 2.12. The zero-order valence-corrected chi connectivity index (χ0v) is 12.9. The SMILES string of the molecule is COc1cc(C(=O)Nc2ccc(Cl)c(C(N)=O)c2)ccc1C. The number of halogens is 1. The van der Waals surface area contributed by atoms with Crippen molar-refractivity contribution >= 4 is 29.1 Å². The molecule has 0 unspecified atom stereocenters. The van der Waals surface area contributed by atoms with Gasteiger partial charge in [0.15, 0.2) is 0 Å². The number of ether oxygens (including phenoxy) is 1. The number of hydrogen-bond acceptors (Lipinski definition) is 3. The summed E-state index contributed by atoms with van der Waals surface area (Å²) in [5.41, 5.74) is 7.19. The highest BCUT2D eigenvalue weighted by Crippen LogP contribution is 2.22. The van der Waals surface area contributed by atoms with Crippen LogP contribution < -0.4 is 15.8 Å².